The molecule has 2 aromatic heterocycles. The zero-order chi connectivity index (χ0) is 12.5. The molecule has 96 valence electrons. The maximum Gasteiger partial charge on any atom is 0.223 e. The second-order valence-corrected chi connectivity index (χ2v) is 5.36. The fourth-order valence-electron chi connectivity index (χ4n) is 2.11. The Morgan fingerprint density at radius 3 is 3.06 bits per heavy atom. The van der Waals surface area contributed by atoms with Gasteiger partial charge in [-0.2, -0.15) is 4.98 Å². The summed E-state index contributed by atoms with van der Waals surface area (Å²) in [5.41, 5.74) is 5.80. The monoisotopic (exact) mass is 264 g/mol. The third kappa shape index (κ3) is 2.13. The third-order valence-electron chi connectivity index (χ3n) is 3.12. The molecule has 3 rings (SSSR count). The number of ether oxygens (including phenoxy) is 1. The second kappa shape index (κ2) is 4.70. The molecule has 0 aromatic carbocycles. The number of nitrogens with zero attached hydrogens (tertiary/aromatic N) is 3. The third-order valence-corrected chi connectivity index (χ3v) is 3.92. The normalized spacial score (nSPS) is 15.2. The number of hydrogen-bond acceptors (Lipinski definition) is 6. The van der Waals surface area contributed by atoms with E-state index in [0.29, 0.717) is 18.6 Å². The minimum atomic E-state index is 0.350. The molecular weight excluding hydrogens is 248 g/mol. The Kier molecular flexibility index (Phi) is 3.05. The van der Waals surface area contributed by atoms with Gasteiger partial charge in [0, 0.05) is 19.7 Å². The van der Waals surface area contributed by atoms with Crippen molar-refractivity contribution in [2.75, 3.05) is 30.9 Å². The van der Waals surface area contributed by atoms with Crippen molar-refractivity contribution in [3.63, 3.8) is 0 Å². The lowest BCUT2D eigenvalue weighted by molar-refractivity contribution is 0.205. The Morgan fingerprint density at radius 2 is 2.33 bits per heavy atom. The molecule has 18 heavy (non-hydrogen) atoms. The van der Waals surface area contributed by atoms with Crippen molar-refractivity contribution < 1.29 is 4.74 Å². The molecule has 0 saturated heterocycles. The van der Waals surface area contributed by atoms with Gasteiger partial charge in [-0.15, -0.1) is 11.3 Å². The highest BCUT2D eigenvalue weighted by Crippen LogP contribution is 2.35. The van der Waals surface area contributed by atoms with Crippen LogP contribution in [0.4, 0.5) is 11.8 Å². The molecule has 2 aromatic rings. The Balaban J connectivity index is 2.01. The van der Waals surface area contributed by atoms with Gasteiger partial charge in [0.2, 0.25) is 5.95 Å². The lowest BCUT2D eigenvalue weighted by Gasteiger charge is -2.23. The van der Waals surface area contributed by atoms with Gasteiger partial charge in [0.25, 0.3) is 0 Å². The van der Waals surface area contributed by atoms with E-state index in [2.05, 4.69) is 20.9 Å². The van der Waals surface area contributed by atoms with Gasteiger partial charge in [-0.05, 0) is 24.3 Å². The summed E-state index contributed by atoms with van der Waals surface area (Å²) in [6.45, 7) is 1.55. The van der Waals surface area contributed by atoms with E-state index < -0.39 is 0 Å². The fraction of sp³-hybridized carbons (Fsp3) is 0.500. The zero-order valence-electron chi connectivity index (χ0n) is 10.3. The predicted molar refractivity (Wildman–Crippen MR) is 74.1 cm³/mol. The first kappa shape index (κ1) is 11.7. The van der Waals surface area contributed by atoms with Crippen molar-refractivity contribution in [2.24, 2.45) is 0 Å². The molecule has 1 aliphatic rings. The smallest absolute Gasteiger partial charge is 0.223 e. The van der Waals surface area contributed by atoms with Gasteiger partial charge in [0.15, 0.2) is 0 Å². The maximum atomic E-state index is 5.80. The van der Waals surface area contributed by atoms with Gasteiger partial charge in [-0.1, -0.05) is 0 Å². The van der Waals surface area contributed by atoms with Crippen LogP contribution in [0, 0.1) is 0 Å². The summed E-state index contributed by atoms with van der Waals surface area (Å²) in [7, 11) is 1.72. The first-order valence-electron chi connectivity index (χ1n) is 6.06. The fourth-order valence-corrected chi connectivity index (χ4v) is 2.88. The number of thiophene rings is 1. The molecule has 0 spiro atoms. The largest absolute Gasteiger partial charge is 0.383 e. The zero-order valence-corrected chi connectivity index (χ0v) is 11.1. The first-order valence-corrected chi connectivity index (χ1v) is 6.94. The van der Waals surface area contributed by atoms with Crippen LogP contribution in [0.2, 0.25) is 0 Å². The van der Waals surface area contributed by atoms with E-state index in [0.717, 1.165) is 22.6 Å². The van der Waals surface area contributed by atoms with Crippen LogP contribution in [0.3, 0.4) is 0 Å². The van der Waals surface area contributed by atoms with Crippen LogP contribution in [0.1, 0.15) is 12.8 Å². The van der Waals surface area contributed by atoms with Crippen molar-refractivity contribution >= 4 is 33.3 Å². The van der Waals surface area contributed by atoms with Crippen LogP contribution >= 0.6 is 11.3 Å². The maximum absolute atomic E-state index is 5.80. The van der Waals surface area contributed by atoms with E-state index in [1.54, 1.807) is 18.4 Å². The summed E-state index contributed by atoms with van der Waals surface area (Å²) in [6, 6.07) is 2.65. The van der Waals surface area contributed by atoms with Crippen LogP contribution in [0.15, 0.2) is 11.4 Å². The van der Waals surface area contributed by atoms with E-state index in [4.69, 9.17) is 10.5 Å². The minimum Gasteiger partial charge on any atom is -0.383 e. The molecule has 1 saturated carbocycles. The van der Waals surface area contributed by atoms with Gasteiger partial charge in [0.05, 0.1) is 12.0 Å². The number of fused-ring (bicyclic) bond motifs is 1. The van der Waals surface area contributed by atoms with E-state index >= 15 is 0 Å². The SMILES string of the molecule is COCCN(c1nc(N)nc2sccc12)C1CC1. The van der Waals surface area contributed by atoms with E-state index in [1.807, 2.05) is 5.38 Å². The van der Waals surface area contributed by atoms with Crippen LogP contribution in [-0.2, 0) is 4.74 Å². The minimum absolute atomic E-state index is 0.350. The molecule has 0 amide bonds. The lowest BCUT2D eigenvalue weighted by atomic mass is 10.3. The van der Waals surface area contributed by atoms with Gasteiger partial charge >= 0.3 is 0 Å². The number of nitrogen functional groups attached to an aromatic ring is 1. The molecule has 6 heteroatoms. The van der Waals surface area contributed by atoms with Crippen LogP contribution in [0.25, 0.3) is 10.2 Å². The molecule has 0 radical (unpaired) electrons. The van der Waals surface area contributed by atoms with Gasteiger partial charge in [-0.3, -0.25) is 0 Å². The van der Waals surface area contributed by atoms with Crippen molar-refractivity contribution in [3.05, 3.63) is 11.4 Å². The number of hydrogen-bond donors (Lipinski definition) is 1. The van der Waals surface area contributed by atoms with E-state index in [-0.39, 0.29) is 0 Å². The Bertz CT molecular complexity index is 552. The molecular formula is C12H16N4OS. The summed E-state index contributed by atoms with van der Waals surface area (Å²) < 4.78 is 5.18. The number of anilines is 2. The van der Waals surface area contributed by atoms with Crippen molar-refractivity contribution in [1.29, 1.82) is 0 Å². The second-order valence-electron chi connectivity index (χ2n) is 4.46. The molecule has 1 fully saturated rings. The average molecular weight is 264 g/mol. The van der Waals surface area contributed by atoms with Gasteiger partial charge in [-0.25, -0.2) is 4.98 Å². The average Bonchev–Trinajstić information content (AvgIpc) is 3.08. The van der Waals surface area contributed by atoms with E-state index in [1.165, 1.54) is 12.8 Å². The number of methoxy groups -OCH3 is 1. The number of nitrogens with two attached hydrogens (primary N) is 1. The highest BCUT2D eigenvalue weighted by molar-refractivity contribution is 7.16. The predicted octanol–water partition coefficient (Wildman–Crippen LogP) is 1.89. The summed E-state index contributed by atoms with van der Waals surface area (Å²) >= 11 is 1.60. The Labute approximate surface area is 110 Å². The molecule has 5 nitrogen and oxygen atoms in total. The van der Waals surface area contributed by atoms with Crippen molar-refractivity contribution in [1.82, 2.24) is 9.97 Å². The lowest BCUT2D eigenvalue weighted by Crippen LogP contribution is -2.30. The summed E-state index contributed by atoms with van der Waals surface area (Å²) in [5, 5.41) is 3.13. The van der Waals surface area contributed by atoms with Crippen molar-refractivity contribution in [2.45, 2.75) is 18.9 Å². The number of aromatic nitrogens is 2. The standard InChI is InChI=1S/C12H16N4OS/c1-17-6-5-16(8-2-3-8)10-9-4-7-18-11(9)15-12(13)14-10/h4,7-8H,2-3,5-6H2,1H3,(H2,13,14,15). The molecule has 2 heterocycles. The molecule has 2 N–H and O–H groups in total. The topological polar surface area (TPSA) is 64.3 Å². The first-order chi connectivity index (χ1) is 8.79. The molecule has 0 bridgehead atoms. The quantitative estimate of drug-likeness (QED) is 0.893. The number of rotatable bonds is 5. The van der Waals surface area contributed by atoms with Crippen LogP contribution in [0.5, 0.6) is 0 Å². The van der Waals surface area contributed by atoms with E-state index in [9.17, 15) is 0 Å². The summed E-state index contributed by atoms with van der Waals surface area (Å²) in [5.74, 6) is 1.31. The van der Waals surface area contributed by atoms with Gasteiger partial charge < -0.3 is 15.4 Å². The molecule has 0 atom stereocenters. The van der Waals surface area contributed by atoms with Crippen LogP contribution in [-0.4, -0.2) is 36.3 Å². The van der Waals surface area contributed by atoms with Gasteiger partial charge in [0.1, 0.15) is 10.6 Å². The Morgan fingerprint density at radius 1 is 1.50 bits per heavy atom. The summed E-state index contributed by atoms with van der Waals surface area (Å²) in [4.78, 5) is 12.0. The molecule has 0 unspecified atom stereocenters. The molecule has 1 aliphatic carbocycles. The van der Waals surface area contributed by atoms with Crippen LogP contribution < -0.4 is 10.6 Å². The molecule has 0 aliphatic heterocycles. The highest BCUT2D eigenvalue weighted by Gasteiger charge is 2.31. The Hall–Kier alpha value is -1.40. The van der Waals surface area contributed by atoms with Crippen molar-refractivity contribution in [3.8, 4) is 0 Å². The summed E-state index contributed by atoms with van der Waals surface area (Å²) in [6.07, 6.45) is 2.44. The highest BCUT2D eigenvalue weighted by atomic mass is 32.1.